The van der Waals surface area contributed by atoms with Crippen LogP contribution in [0.15, 0.2) is 0 Å². The van der Waals surface area contributed by atoms with Crippen molar-refractivity contribution < 1.29 is 9.53 Å². The molecule has 2 fully saturated rings. The summed E-state index contributed by atoms with van der Waals surface area (Å²) < 4.78 is 4.87. The smallest absolute Gasteiger partial charge is 0.407 e. The third-order valence-electron chi connectivity index (χ3n) is 1.72. The predicted molar refractivity (Wildman–Crippen MR) is 30.1 cm³/mol. The van der Waals surface area contributed by atoms with Crippen molar-refractivity contribution in [3.05, 3.63) is 0 Å². The molecule has 2 saturated heterocycles. The molecule has 0 aromatic heterocycles. The minimum absolute atomic E-state index is 0.0810. The van der Waals surface area contributed by atoms with Crippen molar-refractivity contribution in [1.29, 1.82) is 0 Å². The predicted octanol–water partition coefficient (Wildman–Crippen LogP) is -0.933. The Morgan fingerprint density at radius 2 is 2.44 bits per heavy atom. The van der Waals surface area contributed by atoms with Crippen molar-refractivity contribution in [3.8, 4) is 0 Å². The molecule has 4 heteroatoms. The van der Waals surface area contributed by atoms with E-state index in [9.17, 15) is 4.79 Å². The molecular weight excluding hydrogens is 120 g/mol. The first-order valence-corrected chi connectivity index (χ1v) is 3.04. The van der Waals surface area contributed by atoms with Gasteiger partial charge in [0.1, 0.15) is 6.10 Å². The van der Waals surface area contributed by atoms with Gasteiger partial charge in [0, 0.05) is 13.1 Å². The van der Waals surface area contributed by atoms with E-state index >= 15 is 0 Å². The summed E-state index contributed by atoms with van der Waals surface area (Å²) in [6.07, 6.45) is -0.191. The third kappa shape index (κ3) is 0.666. The highest BCUT2D eigenvalue weighted by Gasteiger charge is 2.37. The van der Waals surface area contributed by atoms with Gasteiger partial charge in [0.15, 0.2) is 0 Å². The van der Waals surface area contributed by atoms with Crippen LogP contribution in [0.2, 0.25) is 0 Å². The van der Waals surface area contributed by atoms with Gasteiger partial charge in [0.2, 0.25) is 0 Å². The van der Waals surface area contributed by atoms with E-state index in [1.165, 1.54) is 0 Å². The molecule has 2 heterocycles. The average Bonchev–Trinajstić information content (AvgIpc) is 2.22. The fraction of sp³-hybridized carbons (Fsp3) is 0.800. The molecule has 0 aliphatic carbocycles. The van der Waals surface area contributed by atoms with Crippen molar-refractivity contribution >= 4 is 6.09 Å². The van der Waals surface area contributed by atoms with Gasteiger partial charge in [-0.2, -0.15) is 0 Å². The summed E-state index contributed by atoms with van der Waals surface area (Å²) in [5.74, 6) is 0. The Kier molecular flexibility index (Phi) is 0.900. The van der Waals surface area contributed by atoms with Gasteiger partial charge in [-0.3, -0.25) is 0 Å². The highest BCUT2D eigenvalue weighted by Crippen LogP contribution is 2.11. The fourth-order valence-corrected chi connectivity index (χ4v) is 1.25. The average molecular weight is 128 g/mol. The molecule has 2 N–H and O–H groups in total. The molecule has 0 spiro atoms. The second-order valence-corrected chi connectivity index (χ2v) is 2.35. The molecule has 0 unspecified atom stereocenters. The van der Waals surface area contributed by atoms with Crippen LogP contribution >= 0.6 is 0 Å². The first-order valence-electron chi connectivity index (χ1n) is 3.04. The van der Waals surface area contributed by atoms with Crippen LogP contribution in [0.25, 0.3) is 0 Å². The lowest BCUT2D eigenvalue weighted by Crippen LogP contribution is -2.31. The van der Waals surface area contributed by atoms with E-state index in [2.05, 4.69) is 10.6 Å². The summed E-state index contributed by atoms with van der Waals surface area (Å²) in [5.41, 5.74) is 0. The molecule has 0 aromatic rings. The Labute approximate surface area is 52.6 Å². The molecule has 50 valence electrons. The summed E-state index contributed by atoms with van der Waals surface area (Å²) in [7, 11) is 0. The molecule has 0 aromatic carbocycles. The number of nitrogens with one attached hydrogen (secondary N) is 2. The summed E-state index contributed by atoms with van der Waals surface area (Å²) in [4.78, 5) is 10.5. The number of hydrogen-bond donors (Lipinski definition) is 2. The van der Waals surface area contributed by atoms with Crippen molar-refractivity contribution in [2.75, 3.05) is 13.1 Å². The number of hydrogen-bond acceptors (Lipinski definition) is 3. The molecule has 2 atom stereocenters. The maximum atomic E-state index is 10.5. The van der Waals surface area contributed by atoms with Crippen molar-refractivity contribution in [2.45, 2.75) is 12.1 Å². The molecule has 2 aliphatic heterocycles. The molecule has 0 saturated carbocycles. The lowest BCUT2D eigenvalue weighted by molar-refractivity contribution is 0.142. The van der Waals surface area contributed by atoms with E-state index in [4.69, 9.17) is 4.74 Å². The lowest BCUT2D eigenvalue weighted by atomic mass is 10.2. The van der Waals surface area contributed by atoms with Crippen LogP contribution in [0.5, 0.6) is 0 Å². The van der Waals surface area contributed by atoms with Gasteiger partial charge in [0.05, 0.1) is 6.04 Å². The molecule has 9 heavy (non-hydrogen) atoms. The first kappa shape index (κ1) is 5.05. The van der Waals surface area contributed by atoms with Gasteiger partial charge >= 0.3 is 6.09 Å². The van der Waals surface area contributed by atoms with Crippen molar-refractivity contribution in [2.24, 2.45) is 0 Å². The molecule has 4 nitrogen and oxygen atoms in total. The van der Waals surface area contributed by atoms with Crippen LogP contribution in [0.1, 0.15) is 0 Å². The standard InChI is InChI=1S/C5H8N2O2/c8-5-7-3-1-6-2-4(3)9-5/h3-4,6H,1-2H2,(H,7,8)/t3-,4+/m0/s1. The summed E-state index contributed by atoms with van der Waals surface area (Å²) in [6, 6.07) is 0.220. The van der Waals surface area contributed by atoms with E-state index in [1.807, 2.05) is 0 Å². The monoisotopic (exact) mass is 128 g/mol. The third-order valence-corrected chi connectivity index (χ3v) is 1.72. The number of carbonyl (C=O) groups is 1. The van der Waals surface area contributed by atoms with Crippen LogP contribution in [-0.4, -0.2) is 31.3 Å². The largest absolute Gasteiger partial charge is 0.443 e. The Balaban J connectivity index is 2.09. The lowest BCUT2D eigenvalue weighted by Gasteiger charge is -2.00. The zero-order valence-electron chi connectivity index (χ0n) is 4.89. The van der Waals surface area contributed by atoms with Crippen LogP contribution in [0.3, 0.4) is 0 Å². The van der Waals surface area contributed by atoms with E-state index in [-0.39, 0.29) is 18.2 Å². The van der Waals surface area contributed by atoms with E-state index in [0.717, 1.165) is 13.1 Å². The molecule has 2 aliphatic rings. The zero-order chi connectivity index (χ0) is 6.27. The van der Waals surface area contributed by atoms with E-state index < -0.39 is 0 Å². The molecule has 2 rings (SSSR count). The molecule has 0 radical (unpaired) electrons. The zero-order valence-corrected chi connectivity index (χ0v) is 4.89. The van der Waals surface area contributed by atoms with Crippen LogP contribution in [0, 0.1) is 0 Å². The highest BCUT2D eigenvalue weighted by atomic mass is 16.6. The Hall–Kier alpha value is -0.770. The first-order chi connectivity index (χ1) is 4.36. The highest BCUT2D eigenvalue weighted by molar-refractivity contribution is 5.70. The number of rotatable bonds is 0. The number of ether oxygens (including phenoxy) is 1. The van der Waals surface area contributed by atoms with Crippen molar-refractivity contribution in [1.82, 2.24) is 10.6 Å². The number of carbonyl (C=O) groups excluding carboxylic acids is 1. The van der Waals surface area contributed by atoms with Crippen LogP contribution in [0.4, 0.5) is 4.79 Å². The molecule has 0 bridgehead atoms. The second-order valence-electron chi connectivity index (χ2n) is 2.35. The summed E-state index contributed by atoms with van der Waals surface area (Å²) >= 11 is 0. The Bertz CT molecular complexity index is 134. The maximum Gasteiger partial charge on any atom is 0.407 e. The summed E-state index contributed by atoms with van der Waals surface area (Å²) in [5, 5.41) is 5.80. The van der Waals surface area contributed by atoms with Crippen LogP contribution in [-0.2, 0) is 4.74 Å². The van der Waals surface area contributed by atoms with Gasteiger partial charge in [-0.25, -0.2) is 4.79 Å². The normalized spacial score (nSPS) is 39.8. The van der Waals surface area contributed by atoms with Crippen LogP contribution < -0.4 is 10.6 Å². The second kappa shape index (κ2) is 1.60. The maximum absolute atomic E-state index is 10.5. The van der Waals surface area contributed by atoms with Gasteiger partial charge in [-0.05, 0) is 0 Å². The minimum atomic E-state index is -0.272. The fourth-order valence-electron chi connectivity index (χ4n) is 1.25. The van der Waals surface area contributed by atoms with E-state index in [0.29, 0.717) is 0 Å². The van der Waals surface area contributed by atoms with Gasteiger partial charge in [-0.15, -0.1) is 0 Å². The molecular formula is C5H8N2O2. The molecule has 1 amide bonds. The number of amides is 1. The van der Waals surface area contributed by atoms with E-state index in [1.54, 1.807) is 0 Å². The van der Waals surface area contributed by atoms with Gasteiger partial charge in [0.25, 0.3) is 0 Å². The van der Waals surface area contributed by atoms with Gasteiger partial charge in [-0.1, -0.05) is 0 Å². The van der Waals surface area contributed by atoms with Gasteiger partial charge < -0.3 is 15.4 Å². The topological polar surface area (TPSA) is 50.4 Å². The number of alkyl carbamates (subject to hydrolysis) is 1. The SMILES string of the molecule is O=C1N[C@H]2CNC[C@H]2O1. The summed E-state index contributed by atoms with van der Waals surface area (Å²) in [6.45, 7) is 1.64. The quantitative estimate of drug-likeness (QED) is 0.443. The Morgan fingerprint density at radius 1 is 1.56 bits per heavy atom. The minimum Gasteiger partial charge on any atom is -0.443 e. The van der Waals surface area contributed by atoms with Crippen molar-refractivity contribution in [3.63, 3.8) is 0 Å². The Morgan fingerprint density at radius 3 is 3.22 bits per heavy atom. The number of fused-ring (bicyclic) bond motifs is 1.